The van der Waals surface area contributed by atoms with E-state index in [1.165, 1.54) is 39.5 Å². The molecule has 0 bridgehead atoms. The zero-order valence-electron chi connectivity index (χ0n) is 15.8. The van der Waals surface area contributed by atoms with Crippen LogP contribution in [0.2, 0.25) is 10.0 Å². The molecule has 154 valence electrons. The van der Waals surface area contributed by atoms with Gasteiger partial charge in [0.1, 0.15) is 0 Å². The largest absolute Gasteiger partial charge is 0.494 e. The molecule has 0 aliphatic heterocycles. The number of methoxy groups -OCH3 is 3. The van der Waals surface area contributed by atoms with E-state index in [2.05, 4.69) is 20.1 Å². The topological polar surface area (TPSA) is 103 Å². The number of amides is 1. The lowest BCUT2D eigenvalue weighted by molar-refractivity contribution is -0.114. The predicted molar refractivity (Wildman–Crippen MR) is 109 cm³/mol. The molecule has 1 amide bonds. The maximum atomic E-state index is 12.3. The SMILES string of the molecule is COC(=O)c1cc(NC(=O)CNc2cc(Cl)c(OC)c(Cl)c2)cc(C(=O)OC)c1. The van der Waals surface area contributed by atoms with E-state index in [1.807, 2.05) is 0 Å². The highest BCUT2D eigenvalue weighted by Gasteiger charge is 2.15. The zero-order chi connectivity index (χ0) is 21.6. The number of ether oxygens (including phenoxy) is 3. The first kappa shape index (κ1) is 22.3. The molecule has 0 heterocycles. The van der Waals surface area contributed by atoms with Crippen molar-refractivity contribution in [2.45, 2.75) is 0 Å². The van der Waals surface area contributed by atoms with Crippen LogP contribution in [0.25, 0.3) is 0 Å². The molecule has 0 spiro atoms. The van der Waals surface area contributed by atoms with Gasteiger partial charge in [0.25, 0.3) is 0 Å². The molecule has 0 saturated heterocycles. The fraction of sp³-hybridized carbons (Fsp3) is 0.211. The van der Waals surface area contributed by atoms with Gasteiger partial charge in [-0.3, -0.25) is 4.79 Å². The van der Waals surface area contributed by atoms with Crippen molar-refractivity contribution in [3.63, 3.8) is 0 Å². The van der Waals surface area contributed by atoms with Crippen molar-refractivity contribution in [3.05, 3.63) is 51.5 Å². The Balaban J connectivity index is 2.14. The number of carbonyl (C=O) groups is 3. The zero-order valence-corrected chi connectivity index (χ0v) is 17.3. The molecule has 0 atom stereocenters. The number of nitrogens with one attached hydrogen (secondary N) is 2. The van der Waals surface area contributed by atoms with E-state index in [0.717, 1.165) is 0 Å². The van der Waals surface area contributed by atoms with Crippen LogP contribution < -0.4 is 15.4 Å². The molecule has 10 heteroatoms. The smallest absolute Gasteiger partial charge is 0.337 e. The highest BCUT2D eigenvalue weighted by atomic mass is 35.5. The first-order valence-corrected chi connectivity index (χ1v) is 8.93. The van der Waals surface area contributed by atoms with Crippen molar-refractivity contribution in [2.75, 3.05) is 38.5 Å². The molecule has 2 rings (SSSR count). The Morgan fingerprint density at radius 3 is 1.79 bits per heavy atom. The molecule has 0 saturated carbocycles. The molecular weight excluding hydrogens is 423 g/mol. The lowest BCUT2D eigenvalue weighted by atomic mass is 10.1. The van der Waals surface area contributed by atoms with Gasteiger partial charge in [-0.1, -0.05) is 23.2 Å². The Morgan fingerprint density at radius 1 is 0.828 bits per heavy atom. The van der Waals surface area contributed by atoms with Gasteiger partial charge in [0.15, 0.2) is 5.75 Å². The number of anilines is 2. The number of halogens is 2. The van der Waals surface area contributed by atoms with Crippen LogP contribution in [-0.2, 0) is 14.3 Å². The lowest BCUT2D eigenvalue weighted by Gasteiger charge is -2.12. The average Bonchev–Trinajstić information content (AvgIpc) is 2.70. The van der Waals surface area contributed by atoms with E-state index in [0.29, 0.717) is 11.4 Å². The molecule has 29 heavy (non-hydrogen) atoms. The van der Waals surface area contributed by atoms with Gasteiger partial charge in [0.2, 0.25) is 5.91 Å². The van der Waals surface area contributed by atoms with Crippen LogP contribution in [0.4, 0.5) is 11.4 Å². The summed E-state index contributed by atoms with van der Waals surface area (Å²) in [4.78, 5) is 35.9. The Kier molecular flexibility index (Phi) is 7.69. The number of hydrogen-bond acceptors (Lipinski definition) is 7. The number of rotatable bonds is 7. The Bertz CT molecular complexity index is 891. The highest BCUT2D eigenvalue weighted by Crippen LogP contribution is 2.35. The summed E-state index contributed by atoms with van der Waals surface area (Å²) in [5.74, 6) is -1.43. The second-order valence-corrected chi connectivity index (χ2v) is 6.47. The second kappa shape index (κ2) is 9.99. The number of hydrogen-bond donors (Lipinski definition) is 2. The van der Waals surface area contributed by atoms with Crippen molar-refractivity contribution in [1.82, 2.24) is 0 Å². The number of benzene rings is 2. The van der Waals surface area contributed by atoms with Crippen molar-refractivity contribution >= 4 is 52.4 Å². The van der Waals surface area contributed by atoms with Crippen LogP contribution in [0, 0.1) is 0 Å². The monoisotopic (exact) mass is 440 g/mol. The Hall–Kier alpha value is -2.97. The minimum atomic E-state index is -0.660. The third-order valence-electron chi connectivity index (χ3n) is 3.71. The summed E-state index contributed by atoms with van der Waals surface area (Å²) < 4.78 is 14.4. The summed E-state index contributed by atoms with van der Waals surface area (Å²) in [5.41, 5.74) is 0.917. The molecule has 0 unspecified atom stereocenters. The normalized spacial score (nSPS) is 10.1. The molecule has 0 aromatic heterocycles. The molecular formula is C19H18Cl2N2O6. The van der Waals surface area contributed by atoms with Gasteiger partial charge in [-0.25, -0.2) is 9.59 Å². The van der Waals surface area contributed by atoms with Gasteiger partial charge < -0.3 is 24.8 Å². The molecule has 0 radical (unpaired) electrons. The van der Waals surface area contributed by atoms with Crippen LogP contribution in [0.3, 0.4) is 0 Å². The summed E-state index contributed by atoms with van der Waals surface area (Å²) in [6.45, 7) is -0.130. The van der Waals surface area contributed by atoms with Crippen molar-refractivity contribution in [3.8, 4) is 5.75 Å². The van der Waals surface area contributed by atoms with Crippen molar-refractivity contribution in [2.24, 2.45) is 0 Å². The highest BCUT2D eigenvalue weighted by molar-refractivity contribution is 6.37. The van der Waals surface area contributed by atoms with E-state index in [-0.39, 0.29) is 33.4 Å². The predicted octanol–water partition coefficient (Wildman–Crippen LogP) is 3.63. The molecule has 2 aromatic rings. The van der Waals surface area contributed by atoms with Crippen LogP contribution in [0.5, 0.6) is 5.75 Å². The number of esters is 2. The minimum absolute atomic E-state index is 0.0902. The number of carbonyl (C=O) groups excluding carboxylic acids is 3. The van der Waals surface area contributed by atoms with Crippen LogP contribution >= 0.6 is 23.2 Å². The average molecular weight is 441 g/mol. The van der Waals surface area contributed by atoms with Gasteiger partial charge in [-0.05, 0) is 30.3 Å². The van der Waals surface area contributed by atoms with Gasteiger partial charge in [0, 0.05) is 11.4 Å². The summed E-state index contributed by atoms with van der Waals surface area (Å²) >= 11 is 12.1. The van der Waals surface area contributed by atoms with E-state index in [4.69, 9.17) is 27.9 Å². The quantitative estimate of drug-likeness (QED) is 0.633. The standard InChI is InChI=1S/C19H18Cl2N2O6/c1-27-17-14(20)7-12(8-15(17)21)22-9-16(24)23-13-5-10(18(25)28-2)4-11(6-13)19(26)29-3/h4-8,22H,9H2,1-3H3,(H,23,24). The Labute approximate surface area is 177 Å². The first-order valence-electron chi connectivity index (χ1n) is 8.17. The summed E-state index contributed by atoms with van der Waals surface area (Å²) in [6.07, 6.45) is 0. The fourth-order valence-electron chi connectivity index (χ4n) is 2.42. The maximum Gasteiger partial charge on any atom is 0.337 e. The summed E-state index contributed by atoms with van der Waals surface area (Å²) in [5, 5.41) is 6.05. The summed E-state index contributed by atoms with van der Waals surface area (Å²) in [7, 11) is 3.86. The van der Waals surface area contributed by atoms with Gasteiger partial charge in [-0.2, -0.15) is 0 Å². The van der Waals surface area contributed by atoms with E-state index < -0.39 is 17.8 Å². The first-order chi connectivity index (χ1) is 13.8. The molecule has 0 aliphatic rings. The Morgan fingerprint density at radius 2 is 1.34 bits per heavy atom. The molecule has 0 fully saturated rings. The second-order valence-electron chi connectivity index (χ2n) is 5.66. The van der Waals surface area contributed by atoms with E-state index in [9.17, 15) is 14.4 Å². The van der Waals surface area contributed by atoms with Crippen LogP contribution in [0.1, 0.15) is 20.7 Å². The molecule has 2 aromatic carbocycles. The maximum absolute atomic E-state index is 12.3. The van der Waals surface area contributed by atoms with Gasteiger partial charge in [-0.15, -0.1) is 0 Å². The van der Waals surface area contributed by atoms with Crippen molar-refractivity contribution < 1.29 is 28.6 Å². The fourth-order valence-corrected chi connectivity index (χ4v) is 3.06. The van der Waals surface area contributed by atoms with Crippen molar-refractivity contribution in [1.29, 1.82) is 0 Å². The minimum Gasteiger partial charge on any atom is -0.494 e. The third kappa shape index (κ3) is 5.75. The molecule has 2 N–H and O–H groups in total. The van der Waals surface area contributed by atoms with E-state index in [1.54, 1.807) is 12.1 Å². The lowest BCUT2D eigenvalue weighted by Crippen LogP contribution is -2.22. The van der Waals surface area contributed by atoms with Gasteiger partial charge >= 0.3 is 11.9 Å². The van der Waals surface area contributed by atoms with Gasteiger partial charge in [0.05, 0.1) is 49.0 Å². The molecule has 8 nitrogen and oxygen atoms in total. The van der Waals surface area contributed by atoms with Crippen LogP contribution in [0.15, 0.2) is 30.3 Å². The van der Waals surface area contributed by atoms with E-state index >= 15 is 0 Å². The third-order valence-corrected chi connectivity index (χ3v) is 4.28. The summed E-state index contributed by atoms with van der Waals surface area (Å²) in [6, 6.07) is 7.21. The molecule has 0 aliphatic carbocycles. The van der Waals surface area contributed by atoms with Crippen LogP contribution in [-0.4, -0.2) is 45.7 Å².